The van der Waals surface area contributed by atoms with Gasteiger partial charge in [0, 0.05) is 23.0 Å². The maximum atomic E-state index is 13.4. The minimum Gasteiger partial charge on any atom is -0.481 e. The highest BCUT2D eigenvalue weighted by atomic mass is 16.5. The van der Waals surface area contributed by atoms with Gasteiger partial charge in [-0.3, -0.25) is 4.79 Å². The van der Waals surface area contributed by atoms with Crippen LogP contribution in [0.1, 0.15) is 125 Å². The Morgan fingerprint density at radius 2 is 1.81 bits per heavy atom. The van der Waals surface area contributed by atoms with Crippen LogP contribution in [-0.2, 0) is 14.3 Å². The Labute approximate surface area is 287 Å². The van der Waals surface area contributed by atoms with Crippen LogP contribution in [0.25, 0.3) is 0 Å². The standard InChI is InChI=1S/C38H62N6O4/c1-23(2)24(3)33(4)16-17-35(6)25-10-11-28-34(5)21-47-22-38(28,26(25)12-15-36(35,7)29(33)31(45)46)20-27(44-42-32(39)41-43-44)30(34)48-19-18-37(40)13-8-9-14-37/h12,23-25,27-30H,8-11,13-22,40H2,1-7H3,(H2,39,42)(H,45,46)/t24-,25+,27-,28+,29-,30+,33-,34?,35-,36+,38+/m1/s1. The van der Waals surface area contributed by atoms with Crippen molar-refractivity contribution >= 4 is 11.9 Å². The summed E-state index contributed by atoms with van der Waals surface area (Å²) >= 11 is 0. The van der Waals surface area contributed by atoms with Crippen LogP contribution < -0.4 is 11.5 Å². The first-order valence-electron chi connectivity index (χ1n) is 19.0. The summed E-state index contributed by atoms with van der Waals surface area (Å²) in [5.41, 5.74) is 13.0. The van der Waals surface area contributed by atoms with Gasteiger partial charge in [-0.15, -0.1) is 5.10 Å². The first-order chi connectivity index (χ1) is 22.5. The number of hydrogen-bond donors (Lipinski definition) is 3. The van der Waals surface area contributed by atoms with E-state index >= 15 is 0 Å². The minimum atomic E-state index is -0.625. The molecule has 5 fully saturated rings. The number of ether oxygens (including phenoxy) is 2. The van der Waals surface area contributed by atoms with E-state index in [9.17, 15) is 9.90 Å². The average Bonchev–Trinajstić information content (AvgIpc) is 3.66. The lowest BCUT2D eigenvalue weighted by atomic mass is 9.34. The number of allylic oxidation sites excluding steroid dienone is 1. The molecule has 2 bridgehead atoms. The third kappa shape index (κ3) is 4.73. The SMILES string of the molecule is CC(C)[C@@H](C)[C@@]1(C)CC[C@]2(C)[C@H]3CC[C@H]4C5(C)COC[C@@]4(C[C@@H](n4nnc(N)n4)[C@@H]5OCCC4(N)CCCC4)C3=CC[C@@]2(C)[C@@H]1C(=O)O. The van der Waals surface area contributed by atoms with E-state index in [1.807, 2.05) is 0 Å². The summed E-state index contributed by atoms with van der Waals surface area (Å²) in [6, 6.07) is -0.147. The Balaban J connectivity index is 1.28. The molecule has 7 rings (SSSR count). The normalized spacial score (nSPS) is 45.5. The van der Waals surface area contributed by atoms with Crippen molar-refractivity contribution in [3.05, 3.63) is 11.6 Å². The molecular weight excluding hydrogens is 604 g/mol. The van der Waals surface area contributed by atoms with Gasteiger partial charge in [0.25, 0.3) is 5.95 Å². The molecule has 268 valence electrons. The molecule has 10 nitrogen and oxygen atoms in total. The van der Waals surface area contributed by atoms with Crippen molar-refractivity contribution in [1.82, 2.24) is 20.2 Å². The van der Waals surface area contributed by atoms with Gasteiger partial charge in [0.15, 0.2) is 0 Å². The minimum absolute atomic E-state index is 0.139. The monoisotopic (exact) mass is 666 g/mol. The molecule has 6 aliphatic rings. The number of nitrogens with two attached hydrogens (primary N) is 2. The molecule has 1 aromatic rings. The summed E-state index contributed by atoms with van der Waals surface area (Å²) in [4.78, 5) is 15.2. The second-order valence-electron chi connectivity index (χ2n) is 18.7. The van der Waals surface area contributed by atoms with Gasteiger partial charge in [-0.2, -0.15) is 4.80 Å². The molecule has 0 aromatic carbocycles. The summed E-state index contributed by atoms with van der Waals surface area (Å²) in [7, 11) is 0. The lowest BCUT2D eigenvalue weighted by molar-refractivity contribution is -0.251. The van der Waals surface area contributed by atoms with Crippen LogP contribution in [0.3, 0.4) is 0 Å². The molecule has 1 unspecified atom stereocenters. The van der Waals surface area contributed by atoms with E-state index in [2.05, 4.69) is 70.0 Å². The molecule has 11 atom stereocenters. The second kappa shape index (κ2) is 11.5. The zero-order chi connectivity index (χ0) is 34.5. The van der Waals surface area contributed by atoms with Crippen molar-refractivity contribution in [2.45, 2.75) is 137 Å². The van der Waals surface area contributed by atoms with Gasteiger partial charge < -0.3 is 26.0 Å². The summed E-state index contributed by atoms with van der Waals surface area (Å²) in [6.07, 6.45) is 13.4. The Morgan fingerprint density at radius 3 is 2.46 bits per heavy atom. The van der Waals surface area contributed by atoms with Gasteiger partial charge in [-0.25, -0.2) is 0 Å². The maximum absolute atomic E-state index is 13.4. The number of carbonyl (C=O) groups is 1. The van der Waals surface area contributed by atoms with Crippen LogP contribution in [0.5, 0.6) is 0 Å². The number of nitrogen functional groups attached to an aromatic ring is 1. The van der Waals surface area contributed by atoms with E-state index in [1.165, 1.54) is 18.4 Å². The van der Waals surface area contributed by atoms with Gasteiger partial charge in [0.05, 0.1) is 25.2 Å². The number of tetrazole rings is 1. The third-order valence-corrected chi connectivity index (χ3v) is 16.3. The molecule has 1 saturated heterocycles. The molecule has 2 heterocycles. The number of carboxylic acids is 1. The summed E-state index contributed by atoms with van der Waals surface area (Å²) in [5.74, 6) is 0.549. The van der Waals surface area contributed by atoms with Crippen molar-refractivity contribution in [2.24, 2.45) is 62.4 Å². The predicted octanol–water partition coefficient (Wildman–Crippen LogP) is 6.43. The van der Waals surface area contributed by atoms with E-state index in [-0.39, 0.29) is 50.7 Å². The van der Waals surface area contributed by atoms with E-state index < -0.39 is 11.9 Å². The highest BCUT2D eigenvalue weighted by Gasteiger charge is 2.72. The van der Waals surface area contributed by atoms with Crippen LogP contribution in [0.4, 0.5) is 5.95 Å². The fourth-order valence-corrected chi connectivity index (χ4v) is 13.2. The van der Waals surface area contributed by atoms with Gasteiger partial charge in [-0.05, 0) is 103 Å². The van der Waals surface area contributed by atoms with Crippen LogP contribution >= 0.6 is 0 Å². The van der Waals surface area contributed by atoms with E-state index in [4.69, 9.17) is 20.9 Å². The number of rotatable bonds is 8. The van der Waals surface area contributed by atoms with Crippen molar-refractivity contribution in [3.63, 3.8) is 0 Å². The molecule has 5 N–H and O–H groups in total. The lowest BCUT2D eigenvalue weighted by Crippen LogP contribution is -2.69. The molecular formula is C38H62N6O4. The summed E-state index contributed by atoms with van der Waals surface area (Å²) < 4.78 is 13.7. The Bertz CT molecular complexity index is 1440. The van der Waals surface area contributed by atoms with Gasteiger partial charge in [0.1, 0.15) is 6.04 Å². The molecule has 4 saturated carbocycles. The van der Waals surface area contributed by atoms with E-state index in [0.29, 0.717) is 43.5 Å². The average molecular weight is 667 g/mol. The quantitative estimate of drug-likeness (QED) is 0.267. The predicted molar refractivity (Wildman–Crippen MR) is 185 cm³/mol. The topological polar surface area (TPSA) is 151 Å². The smallest absolute Gasteiger partial charge is 0.307 e. The number of hydrogen-bond acceptors (Lipinski definition) is 8. The number of fused-ring (bicyclic) bond motifs is 3. The lowest BCUT2D eigenvalue weighted by Gasteiger charge is -2.71. The molecule has 1 aliphatic heterocycles. The van der Waals surface area contributed by atoms with Crippen LogP contribution in [0.2, 0.25) is 0 Å². The summed E-state index contributed by atoms with van der Waals surface area (Å²) in [5, 5.41) is 24.2. The molecule has 48 heavy (non-hydrogen) atoms. The third-order valence-electron chi connectivity index (χ3n) is 16.3. The number of aliphatic carboxylic acids is 1. The van der Waals surface area contributed by atoms with Crippen molar-refractivity contribution in [2.75, 3.05) is 25.6 Å². The van der Waals surface area contributed by atoms with Gasteiger partial charge >= 0.3 is 5.97 Å². The second-order valence-corrected chi connectivity index (χ2v) is 18.7. The fourth-order valence-electron chi connectivity index (χ4n) is 13.2. The molecule has 1 aromatic heterocycles. The largest absolute Gasteiger partial charge is 0.481 e. The Kier molecular flexibility index (Phi) is 8.24. The van der Waals surface area contributed by atoms with Gasteiger partial charge in [0.2, 0.25) is 0 Å². The van der Waals surface area contributed by atoms with Gasteiger partial charge in [-0.1, -0.05) is 78.1 Å². The number of nitrogens with zero attached hydrogens (tertiary/aromatic N) is 4. The van der Waals surface area contributed by atoms with Crippen LogP contribution in [-0.4, -0.2) is 62.7 Å². The molecule has 0 radical (unpaired) electrons. The Hall–Kier alpha value is -2.04. The van der Waals surface area contributed by atoms with Crippen LogP contribution in [0.15, 0.2) is 11.6 Å². The fraction of sp³-hybridized carbons (Fsp3) is 0.895. The van der Waals surface area contributed by atoms with E-state index in [1.54, 1.807) is 4.80 Å². The highest BCUT2D eigenvalue weighted by Crippen LogP contribution is 2.75. The number of aromatic nitrogens is 4. The van der Waals surface area contributed by atoms with Crippen molar-refractivity contribution in [3.8, 4) is 0 Å². The first kappa shape index (κ1) is 34.4. The molecule has 5 aliphatic carbocycles. The Morgan fingerprint density at radius 1 is 1.08 bits per heavy atom. The number of anilines is 1. The van der Waals surface area contributed by atoms with Crippen molar-refractivity contribution < 1.29 is 19.4 Å². The molecule has 0 amide bonds. The molecule has 0 spiro atoms. The first-order valence-corrected chi connectivity index (χ1v) is 19.0. The van der Waals surface area contributed by atoms with Crippen LogP contribution in [0, 0.1) is 56.7 Å². The van der Waals surface area contributed by atoms with E-state index in [0.717, 1.165) is 57.8 Å². The number of carboxylic acid groups (broad SMARTS) is 1. The highest BCUT2D eigenvalue weighted by molar-refractivity contribution is 5.73. The summed E-state index contributed by atoms with van der Waals surface area (Å²) in [6.45, 7) is 18.1. The van der Waals surface area contributed by atoms with Crippen molar-refractivity contribution in [1.29, 1.82) is 0 Å². The maximum Gasteiger partial charge on any atom is 0.307 e. The molecule has 10 heteroatoms. The zero-order valence-corrected chi connectivity index (χ0v) is 30.6. The zero-order valence-electron chi connectivity index (χ0n) is 30.6.